The van der Waals surface area contributed by atoms with Crippen LogP contribution in [0.3, 0.4) is 0 Å². The number of carbonyl (C=O) groups excluding carboxylic acids is 2. The van der Waals surface area contributed by atoms with Crippen LogP contribution >= 0.6 is 0 Å². The van der Waals surface area contributed by atoms with Gasteiger partial charge in [0.2, 0.25) is 5.91 Å². The van der Waals surface area contributed by atoms with Crippen molar-refractivity contribution in [3.8, 4) is 5.75 Å². The van der Waals surface area contributed by atoms with E-state index < -0.39 is 29.8 Å². The highest BCUT2D eigenvalue weighted by atomic mass is 16.5. The molecule has 9 nitrogen and oxygen atoms in total. The van der Waals surface area contributed by atoms with E-state index in [1.807, 2.05) is 11.9 Å². The molecule has 1 aromatic rings. The SMILES string of the molecule is CN1CCN(C(=O)C2C3CCC(O3)C2C(=O)Oc2ccc(CC(N)C(=O)O)cc2)CC1. The zero-order valence-electron chi connectivity index (χ0n) is 17.6. The number of carboxylic acid groups (broad SMARTS) is 1. The molecule has 3 aliphatic heterocycles. The van der Waals surface area contributed by atoms with Crippen molar-refractivity contribution in [1.29, 1.82) is 0 Å². The van der Waals surface area contributed by atoms with Gasteiger partial charge in [-0.15, -0.1) is 0 Å². The van der Waals surface area contributed by atoms with Crippen molar-refractivity contribution >= 4 is 17.8 Å². The van der Waals surface area contributed by atoms with Gasteiger partial charge in [-0.2, -0.15) is 0 Å². The minimum Gasteiger partial charge on any atom is -0.480 e. The second-order valence-corrected chi connectivity index (χ2v) is 8.68. The molecule has 4 rings (SSSR count). The Morgan fingerprint density at radius 1 is 1.10 bits per heavy atom. The fourth-order valence-electron chi connectivity index (χ4n) is 4.75. The van der Waals surface area contributed by atoms with Gasteiger partial charge in [-0.25, -0.2) is 0 Å². The van der Waals surface area contributed by atoms with Gasteiger partial charge in [0.15, 0.2) is 0 Å². The van der Waals surface area contributed by atoms with Crippen LogP contribution < -0.4 is 10.5 Å². The number of ether oxygens (including phenoxy) is 2. The normalized spacial score (nSPS) is 29.0. The summed E-state index contributed by atoms with van der Waals surface area (Å²) in [5, 5.41) is 8.93. The van der Waals surface area contributed by atoms with E-state index >= 15 is 0 Å². The number of rotatable bonds is 6. The minimum atomic E-state index is -1.07. The van der Waals surface area contributed by atoms with Crippen LogP contribution in [0.25, 0.3) is 0 Å². The second-order valence-electron chi connectivity index (χ2n) is 8.68. The van der Waals surface area contributed by atoms with Gasteiger partial charge >= 0.3 is 11.9 Å². The first-order valence-corrected chi connectivity index (χ1v) is 10.8. The van der Waals surface area contributed by atoms with Gasteiger partial charge in [0, 0.05) is 26.2 Å². The van der Waals surface area contributed by atoms with Crippen molar-refractivity contribution < 1.29 is 29.0 Å². The Bertz CT molecular complexity index is 836. The van der Waals surface area contributed by atoms with Crippen LogP contribution in [0.1, 0.15) is 18.4 Å². The van der Waals surface area contributed by atoms with Crippen molar-refractivity contribution in [3.05, 3.63) is 29.8 Å². The van der Waals surface area contributed by atoms with E-state index in [4.69, 9.17) is 20.3 Å². The predicted molar refractivity (Wildman–Crippen MR) is 110 cm³/mol. The molecule has 1 aromatic carbocycles. The Hall–Kier alpha value is -2.49. The standard InChI is InChI=1S/C22H29N3O6/c1-24-8-10-25(11-9-24)20(26)18-16-6-7-17(31-16)19(18)22(29)30-14-4-2-13(3-5-14)12-15(23)21(27)28/h2-5,15-19H,6-12,23H2,1H3,(H,27,28). The molecule has 3 saturated heterocycles. The molecule has 3 fully saturated rings. The van der Waals surface area contributed by atoms with Gasteiger partial charge in [-0.05, 0) is 44.0 Å². The molecule has 0 aromatic heterocycles. The molecule has 1 amide bonds. The van der Waals surface area contributed by atoms with Gasteiger partial charge < -0.3 is 30.1 Å². The van der Waals surface area contributed by atoms with Gasteiger partial charge in [0.1, 0.15) is 11.8 Å². The summed E-state index contributed by atoms with van der Waals surface area (Å²) >= 11 is 0. The fourth-order valence-corrected chi connectivity index (χ4v) is 4.75. The number of carboxylic acids is 1. The first-order valence-electron chi connectivity index (χ1n) is 10.8. The van der Waals surface area contributed by atoms with E-state index in [2.05, 4.69) is 4.90 Å². The lowest BCUT2D eigenvalue weighted by atomic mass is 9.78. The van der Waals surface area contributed by atoms with Crippen molar-refractivity contribution in [2.75, 3.05) is 33.2 Å². The molecule has 9 heteroatoms. The molecule has 168 valence electrons. The maximum atomic E-state index is 13.2. The number of fused-ring (bicyclic) bond motifs is 2. The van der Waals surface area contributed by atoms with Crippen LogP contribution in [0.5, 0.6) is 5.75 Å². The molecular weight excluding hydrogens is 402 g/mol. The third-order valence-corrected chi connectivity index (χ3v) is 6.56. The highest BCUT2D eigenvalue weighted by Crippen LogP contribution is 2.45. The Labute approximate surface area is 181 Å². The number of amides is 1. The molecule has 3 N–H and O–H groups in total. The third-order valence-electron chi connectivity index (χ3n) is 6.56. The van der Waals surface area contributed by atoms with Gasteiger partial charge in [0.25, 0.3) is 0 Å². The molecular formula is C22H29N3O6. The first-order chi connectivity index (χ1) is 14.8. The number of benzene rings is 1. The number of hydrogen-bond donors (Lipinski definition) is 2. The molecule has 0 radical (unpaired) electrons. The van der Waals surface area contributed by atoms with Gasteiger partial charge in [0.05, 0.1) is 24.0 Å². The number of aliphatic carboxylic acids is 1. The maximum Gasteiger partial charge on any atom is 0.320 e. The fraction of sp³-hybridized carbons (Fsp3) is 0.591. The molecule has 31 heavy (non-hydrogen) atoms. The largest absolute Gasteiger partial charge is 0.480 e. The van der Waals surface area contributed by atoms with Crippen molar-refractivity contribution in [3.63, 3.8) is 0 Å². The number of esters is 1. The summed E-state index contributed by atoms with van der Waals surface area (Å²) in [6.45, 7) is 2.96. The molecule has 3 aliphatic rings. The molecule has 2 bridgehead atoms. The quantitative estimate of drug-likeness (QED) is 0.481. The number of nitrogens with two attached hydrogens (primary N) is 1. The van der Waals surface area contributed by atoms with Crippen LogP contribution in [0.4, 0.5) is 0 Å². The monoisotopic (exact) mass is 431 g/mol. The molecule has 0 aliphatic carbocycles. The Morgan fingerprint density at radius 2 is 1.71 bits per heavy atom. The molecule has 3 heterocycles. The van der Waals surface area contributed by atoms with E-state index in [0.717, 1.165) is 31.5 Å². The molecule has 0 saturated carbocycles. The van der Waals surface area contributed by atoms with E-state index in [1.165, 1.54) is 0 Å². The van der Waals surface area contributed by atoms with E-state index in [0.29, 0.717) is 18.8 Å². The Balaban J connectivity index is 1.42. The van der Waals surface area contributed by atoms with E-state index in [1.54, 1.807) is 24.3 Å². The molecule has 5 unspecified atom stereocenters. The number of likely N-dealkylation sites (N-methyl/N-ethyl adjacent to an activating group) is 1. The lowest BCUT2D eigenvalue weighted by molar-refractivity contribution is -0.149. The predicted octanol–water partition coefficient (Wildman–Crippen LogP) is 0.114. The third kappa shape index (κ3) is 4.58. The summed E-state index contributed by atoms with van der Waals surface area (Å²) in [5.74, 6) is -2.28. The van der Waals surface area contributed by atoms with Crippen LogP contribution in [-0.2, 0) is 25.5 Å². The summed E-state index contributed by atoms with van der Waals surface area (Å²) in [6, 6.07) is 5.63. The van der Waals surface area contributed by atoms with E-state index in [9.17, 15) is 14.4 Å². The average Bonchev–Trinajstić information content (AvgIpc) is 3.37. The minimum absolute atomic E-state index is 0.0137. The number of hydrogen-bond acceptors (Lipinski definition) is 7. The van der Waals surface area contributed by atoms with Crippen molar-refractivity contribution in [2.45, 2.75) is 37.5 Å². The molecule has 5 atom stereocenters. The molecule has 0 spiro atoms. The zero-order chi connectivity index (χ0) is 22.1. The van der Waals surface area contributed by atoms with Crippen molar-refractivity contribution in [2.24, 2.45) is 17.6 Å². The summed E-state index contributed by atoms with van der Waals surface area (Å²) in [6.07, 6.45) is 1.22. The highest BCUT2D eigenvalue weighted by Gasteiger charge is 2.57. The lowest BCUT2D eigenvalue weighted by Gasteiger charge is -2.36. The average molecular weight is 431 g/mol. The van der Waals surface area contributed by atoms with Crippen LogP contribution in [0, 0.1) is 11.8 Å². The first kappa shape index (κ1) is 21.7. The number of carbonyl (C=O) groups is 3. The zero-order valence-corrected chi connectivity index (χ0v) is 17.6. The smallest absolute Gasteiger partial charge is 0.320 e. The van der Waals surface area contributed by atoms with Crippen molar-refractivity contribution in [1.82, 2.24) is 9.80 Å². The summed E-state index contributed by atoms with van der Waals surface area (Å²) in [7, 11) is 2.03. The Morgan fingerprint density at radius 3 is 2.32 bits per heavy atom. The lowest BCUT2D eigenvalue weighted by Crippen LogP contribution is -2.52. The highest BCUT2D eigenvalue weighted by molar-refractivity contribution is 5.88. The summed E-state index contributed by atoms with van der Waals surface area (Å²) in [5.41, 5.74) is 6.30. The number of piperazine rings is 1. The van der Waals surface area contributed by atoms with Gasteiger partial charge in [-0.3, -0.25) is 14.4 Å². The Kier molecular flexibility index (Phi) is 6.27. The van der Waals surface area contributed by atoms with E-state index in [-0.39, 0.29) is 24.5 Å². The van der Waals surface area contributed by atoms with Gasteiger partial charge in [-0.1, -0.05) is 12.1 Å². The van der Waals surface area contributed by atoms with Crippen LogP contribution in [-0.4, -0.2) is 84.2 Å². The van der Waals surface area contributed by atoms with Crippen LogP contribution in [0.15, 0.2) is 24.3 Å². The summed E-state index contributed by atoms with van der Waals surface area (Å²) < 4.78 is 11.5. The topological polar surface area (TPSA) is 122 Å². The van der Waals surface area contributed by atoms with Crippen LogP contribution in [0.2, 0.25) is 0 Å². The maximum absolute atomic E-state index is 13.2. The number of nitrogens with zero attached hydrogens (tertiary/aromatic N) is 2. The second kappa shape index (κ2) is 8.94. The summed E-state index contributed by atoms with van der Waals surface area (Å²) in [4.78, 5) is 41.2.